The Morgan fingerprint density at radius 2 is 1.62 bits per heavy atom. The zero-order chi connectivity index (χ0) is 9.90. The van der Waals surface area contributed by atoms with Gasteiger partial charge in [-0.05, 0) is 37.3 Å². The molecule has 0 N–H and O–H groups in total. The molecule has 1 heterocycles. The van der Waals surface area contributed by atoms with E-state index in [2.05, 4.69) is 32.6 Å². The van der Waals surface area contributed by atoms with Crippen molar-refractivity contribution in [1.82, 2.24) is 4.90 Å². The molecule has 0 saturated carbocycles. The number of likely N-dealkylation sites (tertiary alicyclic amines) is 1. The summed E-state index contributed by atoms with van der Waals surface area (Å²) < 4.78 is 0. The number of piperidine rings is 1. The summed E-state index contributed by atoms with van der Waals surface area (Å²) in [4.78, 5) is 2.64. The van der Waals surface area contributed by atoms with Gasteiger partial charge in [0.1, 0.15) is 0 Å². The molecule has 1 rings (SSSR count). The van der Waals surface area contributed by atoms with Gasteiger partial charge < -0.3 is 4.90 Å². The van der Waals surface area contributed by atoms with Crippen LogP contribution in [0.25, 0.3) is 0 Å². The number of hydrogen-bond donors (Lipinski definition) is 0. The van der Waals surface area contributed by atoms with Crippen molar-refractivity contribution in [3.05, 3.63) is 0 Å². The van der Waals surface area contributed by atoms with Gasteiger partial charge in [-0.2, -0.15) is 0 Å². The standard InChI is InChI=1S/C12H25N/c1-11(12(2,3)4)10-13-8-6-5-7-9-13/h11H,5-10H2,1-4H3/t11-/m0/s1. The molecule has 0 bridgehead atoms. The lowest BCUT2D eigenvalue weighted by molar-refractivity contribution is 0.143. The third-order valence-corrected chi connectivity index (χ3v) is 3.46. The Kier molecular flexibility index (Phi) is 3.78. The lowest BCUT2D eigenvalue weighted by Gasteiger charge is -2.34. The first kappa shape index (κ1) is 11.0. The topological polar surface area (TPSA) is 3.24 Å². The van der Waals surface area contributed by atoms with Crippen LogP contribution < -0.4 is 0 Å². The van der Waals surface area contributed by atoms with E-state index in [0.29, 0.717) is 5.41 Å². The van der Waals surface area contributed by atoms with Gasteiger partial charge in [0.25, 0.3) is 0 Å². The molecule has 0 unspecified atom stereocenters. The second-order valence-corrected chi connectivity index (χ2v) is 5.63. The van der Waals surface area contributed by atoms with Crippen molar-refractivity contribution >= 4 is 0 Å². The summed E-state index contributed by atoms with van der Waals surface area (Å²) in [5, 5.41) is 0. The van der Waals surface area contributed by atoms with Crippen molar-refractivity contribution in [2.75, 3.05) is 19.6 Å². The van der Waals surface area contributed by atoms with Gasteiger partial charge in [-0.3, -0.25) is 0 Å². The summed E-state index contributed by atoms with van der Waals surface area (Å²) in [6.07, 6.45) is 4.27. The molecule has 1 saturated heterocycles. The van der Waals surface area contributed by atoms with Crippen LogP contribution in [0, 0.1) is 11.3 Å². The van der Waals surface area contributed by atoms with E-state index in [1.54, 1.807) is 0 Å². The highest BCUT2D eigenvalue weighted by Gasteiger charge is 2.22. The number of nitrogens with zero attached hydrogens (tertiary/aromatic N) is 1. The molecule has 1 fully saturated rings. The van der Waals surface area contributed by atoms with Crippen molar-refractivity contribution in [3.63, 3.8) is 0 Å². The molecule has 0 aromatic rings. The third kappa shape index (κ3) is 3.68. The molecular formula is C12H25N. The highest BCUT2D eigenvalue weighted by Crippen LogP contribution is 2.26. The van der Waals surface area contributed by atoms with Crippen LogP contribution in [0.2, 0.25) is 0 Å². The van der Waals surface area contributed by atoms with E-state index in [9.17, 15) is 0 Å². The summed E-state index contributed by atoms with van der Waals surface area (Å²) in [6.45, 7) is 13.4. The SMILES string of the molecule is C[C@@H](CN1CCCCC1)C(C)(C)C. The molecule has 1 heteroatoms. The van der Waals surface area contributed by atoms with E-state index in [1.165, 1.54) is 38.9 Å². The molecule has 78 valence electrons. The first-order valence-corrected chi connectivity index (χ1v) is 5.72. The second kappa shape index (κ2) is 4.45. The molecule has 0 aromatic carbocycles. The van der Waals surface area contributed by atoms with E-state index in [1.807, 2.05) is 0 Å². The van der Waals surface area contributed by atoms with Gasteiger partial charge in [-0.1, -0.05) is 34.1 Å². The maximum absolute atomic E-state index is 2.64. The summed E-state index contributed by atoms with van der Waals surface area (Å²) >= 11 is 0. The molecule has 1 aliphatic rings. The molecule has 0 radical (unpaired) electrons. The Bertz CT molecular complexity index is 140. The number of hydrogen-bond acceptors (Lipinski definition) is 1. The predicted octanol–water partition coefficient (Wildman–Crippen LogP) is 3.15. The van der Waals surface area contributed by atoms with Crippen molar-refractivity contribution in [1.29, 1.82) is 0 Å². The zero-order valence-electron chi connectivity index (χ0n) is 9.77. The predicted molar refractivity (Wildman–Crippen MR) is 58.9 cm³/mol. The molecule has 13 heavy (non-hydrogen) atoms. The van der Waals surface area contributed by atoms with Crippen LogP contribution in [0.3, 0.4) is 0 Å². The molecule has 0 aliphatic carbocycles. The highest BCUT2D eigenvalue weighted by atomic mass is 15.1. The van der Waals surface area contributed by atoms with Crippen LogP contribution in [0.1, 0.15) is 47.0 Å². The van der Waals surface area contributed by atoms with E-state index in [4.69, 9.17) is 0 Å². The summed E-state index contributed by atoms with van der Waals surface area (Å²) in [5.74, 6) is 0.811. The van der Waals surface area contributed by atoms with Gasteiger partial charge >= 0.3 is 0 Å². The van der Waals surface area contributed by atoms with E-state index in [0.717, 1.165) is 5.92 Å². The van der Waals surface area contributed by atoms with E-state index < -0.39 is 0 Å². The van der Waals surface area contributed by atoms with Gasteiger partial charge in [0, 0.05) is 6.54 Å². The van der Waals surface area contributed by atoms with Crippen molar-refractivity contribution in [3.8, 4) is 0 Å². The second-order valence-electron chi connectivity index (χ2n) is 5.63. The third-order valence-electron chi connectivity index (χ3n) is 3.46. The van der Waals surface area contributed by atoms with Crippen LogP contribution in [0.4, 0.5) is 0 Å². The highest BCUT2D eigenvalue weighted by molar-refractivity contribution is 4.75. The molecule has 0 aromatic heterocycles. The largest absolute Gasteiger partial charge is 0.303 e. The van der Waals surface area contributed by atoms with Crippen LogP contribution >= 0.6 is 0 Å². The first-order valence-electron chi connectivity index (χ1n) is 5.72. The Hall–Kier alpha value is -0.0400. The van der Waals surface area contributed by atoms with Crippen molar-refractivity contribution in [2.45, 2.75) is 47.0 Å². The van der Waals surface area contributed by atoms with Crippen molar-refractivity contribution in [2.24, 2.45) is 11.3 Å². The average molecular weight is 183 g/mol. The summed E-state index contributed by atoms with van der Waals surface area (Å²) in [6, 6.07) is 0. The zero-order valence-corrected chi connectivity index (χ0v) is 9.77. The fourth-order valence-corrected chi connectivity index (χ4v) is 1.80. The first-order chi connectivity index (χ1) is 6.00. The summed E-state index contributed by atoms with van der Waals surface area (Å²) in [7, 11) is 0. The fraction of sp³-hybridized carbons (Fsp3) is 1.00. The van der Waals surface area contributed by atoms with Gasteiger partial charge in [0.05, 0.1) is 0 Å². The van der Waals surface area contributed by atoms with Crippen LogP contribution in [0.15, 0.2) is 0 Å². The molecule has 0 amide bonds. The Morgan fingerprint density at radius 1 is 1.08 bits per heavy atom. The van der Waals surface area contributed by atoms with E-state index >= 15 is 0 Å². The van der Waals surface area contributed by atoms with Gasteiger partial charge in [-0.25, -0.2) is 0 Å². The van der Waals surface area contributed by atoms with Gasteiger partial charge in [0.2, 0.25) is 0 Å². The van der Waals surface area contributed by atoms with Gasteiger partial charge in [-0.15, -0.1) is 0 Å². The average Bonchev–Trinajstić information content (AvgIpc) is 2.04. The maximum Gasteiger partial charge on any atom is 0.00120 e. The maximum atomic E-state index is 2.64. The summed E-state index contributed by atoms with van der Waals surface area (Å²) in [5.41, 5.74) is 0.470. The molecular weight excluding hydrogens is 158 g/mol. The Labute approximate surface area is 83.5 Å². The fourth-order valence-electron chi connectivity index (χ4n) is 1.80. The van der Waals surface area contributed by atoms with Crippen LogP contribution in [0.5, 0.6) is 0 Å². The molecule has 1 nitrogen and oxygen atoms in total. The van der Waals surface area contributed by atoms with Crippen LogP contribution in [-0.4, -0.2) is 24.5 Å². The monoisotopic (exact) mass is 183 g/mol. The normalized spacial score (nSPS) is 23.1. The van der Waals surface area contributed by atoms with E-state index in [-0.39, 0.29) is 0 Å². The number of rotatable bonds is 2. The minimum Gasteiger partial charge on any atom is -0.303 e. The Balaban J connectivity index is 2.30. The molecule has 0 spiro atoms. The lowest BCUT2D eigenvalue weighted by atomic mass is 9.81. The lowest BCUT2D eigenvalue weighted by Crippen LogP contribution is -2.37. The molecule has 1 aliphatic heterocycles. The quantitative estimate of drug-likeness (QED) is 0.635. The smallest absolute Gasteiger partial charge is 0.00120 e. The Morgan fingerprint density at radius 3 is 2.08 bits per heavy atom. The molecule has 1 atom stereocenters. The van der Waals surface area contributed by atoms with Gasteiger partial charge in [0.15, 0.2) is 0 Å². The minimum absolute atomic E-state index is 0.470. The van der Waals surface area contributed by atoms with Crippen molar-refractivity contribution < 1.29 is 0 Å². The van der Waals surface area contributed by atoms with Crippen LogP contribution in [-0.2, 0) is 0 Å². The minimum atomic E-state index is 0.470.